The van der Waals surface area contributed by atoms with Gasteiger partial charge in [-0.2, -0.15) is 13.2 Å². The number of benzene rings is 2. The maximum absolute atomic E-state index is 16.7. The van der Waals surface area contributed by atoms with Crippen LogP contribution in [-0.4, -0.2) is 89.6 Å². The Balaban J connectivity index is 1.43. The number of halogens is 4. The van der Waals surface area contributed by atoms with Gasteiger partial charge in [-0.1, -0.05) is 18.2 Å². The van der Waals surface area contributed by atoms with Crippen LogP contribution in [0.25, 0.3) is 0 Å². The highest BCUT2D eigenvalue weighted by Gasteiger charge is 2.54. The van der Waals surface area contributed by atoms with E-state index in [1.807, 2.05) is 4.90 Å². The second-order valence-electron chi connectivity index (χ2n) is 11.9. The number of methoxy groups -OCH3 is 3. The second-order valence-corrected chi connectivity index (χ2v) is 11.9. The summed E-state index contributed by atoms with van der Waals surface area (Å²) >= 11 is 0. The lowest BCUT2D eigenvalue weighted by Gasteiger charge is -2.35. The van der Waals surface area contributed by atoms with E-state index in [1.54, 1.807) is 31.4 Å². The van der Waals surface area contributed by atoms with Gasteiger partial charge in [-0.15, -0.1) is 0 Å². The molecule has 3 saturated heterocycles. The highest BCUT2D eigenvalue weighted by atomic mass is 19.4. The van der Waals surface area contributed by atoms with Crippen LogP contribution in [0.2, 0.25) is 0 Å². The Bertz CT molecular complexity index is 1330. The van der Waals surface area contributed by atoms with Crippen molar-refractivity contribution in [3.8, 4) is 5.75 Å². The first kappa shape index (κ1) is 32.0. The van der Waals surface area contributed by atoms with Crippen LogP contribution in [-0.2, 0) is 25.2 Å². The molecule has 0 unspecified atom stereocenters. The third kappa shape index (κ3) is 6.24. The lowest BCUT2D eigenvalue weighted by Crippen LogP contribution is -2.49. The van der Waals surface area contributed by atoms with Gasteiger partial charge in [0.05, 0.1) is 32.3 Å². The molecule has 44 heavy (non-hydrogen) atoms. The Morgan fingerprint density at radius 2 is 1.73 bits per heavy atom. The smallest absolute Gasteiger partial charge is 0.416 e. The van der Waals surface area contributed by atoms with E-state index in [1.165, 1.54) is 25.2 Å². The predicted octanol–water partition coefficient (Wildman–Crippen LogP) is 4.39. The fourth-order valence-corrected chi connectivity index (χ4v) is 6.99. The number of nitrogens with zero attached hydrogens (tertiary/aromatic N) is 2. The summed E-state index contributed by atoms with van der Waals surface area (Å²) in [6.07, 6.45) is -3.65. The van der Waals surface area contributed by atoms with E-state index in [2.05, 4.69) is 5.32 Å². The summed E-state index contributed by atoms with van der Waals surface area (Å²) in [6.45, 7) is 1.51. The van der Waals surface area contributed by atoms with Crippen molar-refractivity contribution in [2.45, 2.75) is 36.5 Å². The first-order valence-electron chi connectivity index (χ1n) is 14.9. The molecule has 240 valence electrons. The summed E-state index contributed by atoms with van der Waals surface area (Å²) in [4.78, 5) is 29.4. The number of alkyl halides is 4. The molecule has 0 aliphatic carbocycles. The molecule has 5 rings (SSSR count). The molecule has 0 saturated carbocycles. The lowest BCUT2D eigenvalue weighted by atomic mass is 9.85. The number of likely N-dealkylation sites (tertiary alicyclic amines) is 1. The van der Waals surface area contributed by atoms with Crippen LogP contribution >= 0.6 is 0 Å². The van der Waals surface area contributed by atoms with Crippen LogP contribution in [0.1, 0.15) is 41.4 Å². The SMILES string of the molecule is COC[C@H]1CN(C(=O)[C@]2(F)CNC[C@H]2c2ccc(OC)cc2)C[C@@H]1c1ccc(C(F)(F)F)cc1N1CCC(C(=O)OC)CC1. The van der Waals surface area contributed by atoms with Crippen molar-refractivity contribution in [1.29, 1.82) is 0 Å². The molecule has 2 aromatic rings. The van der Waals surface area contributed by atoms with Crippen molar-refractivity contribution in [3.63, 3.8) is 0 Å². The zero-order valence-corrected chi connectivity index (χ0v) is 25.2. The standard InChI is InChI=1S/C32H39F4N3O5/c1-42-18-22-16-39(30(41)31(33)19-37-15-27(31)20-4-7-24(43-2)8-5-20)17-26(22)25-9-6-23(32(34,35)36)14-28(25)38-12-10-21(11-13-38)29(40)44-3/h4-9,14,21-22,26-27,37H,10-13,15-19H2,1-3H3/t22-,26+,27+,31+/m1/s1. The van der Waals surface area contributed by atoms with Crippen molar-refractivity contribution < 1.29 is 41.4 Å². The highest BCUT2D eigenvalue weighted by Crippen LogP contribution is 2.44. The van der Waals surface area contributed by atoms with Crippen molar-refractivity contribution in [2.24, 2.45) is 11.8 Å². The van der Waals surface area contributed by atoms with Crippen molar-refractivity contribution in [2.75, 3.05) is 72.1 Å². The minimum atomic E-state index is -4.55. The summed E-state index contributed by atoms with van der Waals surface area (Å²) in [6, 6.07) is 10.7. The monoisotopic (exact) mass is 621 g/mol. The minimum Gasteiger partial charge on any atom is -0.497 e. The Morgan fingerprint density at radius 1 is 1.02 bits per heavy atom. The zero-order valence-electron chi connectivity index (χ0n) is 25.2. The third-order valence-corrected chi connectivity index (χ3v) is 9.39. The zero-order chi connectivity index (χ0) is 31.6. The van der Waals surface area contributed by atoms with Crippen LogP contribution in [0, 0.1) is 11.8 Å². The summed E-state index contributed by atoms with van der Waals surface area (Å²) < 4.78 is 73.9. The molecule has 1 amide bonds. The number of ether oxygens (including phenoxy) is 3. The Morgan fingerprint density at radius 3 is 2.34 bits per heavy atom. The predicted molar refractivity (Wildman–Crippen MR) is 156 cm³/mol. The summed E-state index contributed by atoms with van der Waals surface area (Å²) in [7, 11) is 4.40. The van der Waals surface area contributed by atoms with Gasteiger partial charge in [0.25, 0.3) is 5.91 Å². The number of piperidine rings is 1. The number of carbonyl (C=O) groups is 2. The number of hydrogen-bond donors (Lipinski definition) is 1. The number of esters is 1. The topological polar surface area (TPSA) is 80.3 Å². The van der Waals surface area contributed by atoms with E-state index in [4.69, 9.17) is 14.2 Å². The quantitative estimate of drug-likeness (QED) is 0.346. The summed E-state index contributed by atoms with van der Waals surface area (Å²) in [5, 5.41) is 3.04. The summed E-state index contributed by atoms with van der Waals surface area (Å²) in [5.41, 5.74) is -1.23. The van der Waals surface area contributed by atoms with E-state index in [-0.39, 0.29) is 56.5 Å². The molecule has 12 heteroatoms. The Kier molecular flexibility index (Phi) is 9.41. The van der Waals surface area contributed by atoms with Crippen LogP contribution in [0.5, 0.6) is 5.75 Å². The summed E-state index contributed by atoms with van der Waals surface area (Å²) in [5.74, 6) is -2.00. The molecule has 1 N–H and O–H groups in total. The molecule has 0 bridgehead atoms. The van der Waals surface area contributed by atoms with Gasteiger partial charge in [-0.3, -0.25) is 9.59 Å². The van der Waals surface area contributed by atoms with Crippen molar-refractivity contribution in [3.05, 3.63) is 59.2 Å². The van der Waals surface area contributed by atoms with Gasteiger partial charge in [-0.05, 0) is 48.2 Å². The molecular weight excluding hydrogens is 582 g/mol. The van der Waals surface area contributed by atoms with Gasteiger partial charge in [0.1, 0.15) is 5.75 Å². The number of amides is 1. The number of carbonyl (C=O) groups excluding carboxylic acids is 2. The molecule has 0 radical (unpaired) electrons. The maximum atomic E-state index is 16.7. The van der Waals surface area contributed by atoms with Crippen LogP contribution < -0.4 is 15.0 Å². The number of nitrogens with one attached hydrogen (secondary N) is 1. The highest BCUT2D eigenvalue weighted by molar-refractivity contribution is 5.88. The molecule has 8 nitrogen and oxygen atoms in total. The van der Waals surface area contributed by atoms with Gasteiger partial charge in [0.2, 0.25) is 5.67 Å². The normalized spacial score (nSPS) is 26.2. The molecular formula is C32H39F4N3O5. The fourth-order valence-electron chi connectivity index (χ4n) is 6.99. The second kappa shape index (κ2) is 12.9. The van der Waals surface area contributed by atoms with Gasteiger partial charge >= 0.3 is 12.1 Å². The maximum Gasteiger partial charge on any atom is 0.416 e. The first-order valence-corrected chi connectivity index (χ1v) is 14.9. The Labute approximate surface area is 254 Å². The van der Waals surface area contributed by atoms with Crippen LogP contribution in [0.15, 0.2) is 42.5 Å². The van der Waals surface area contributed by atoms with E-state index in [0.717, 1.165) is 12.1 Å². The molecule has 2 aromatic carbocycles. The fraction of sp³-hybridized carbons (Fsp3) is 0.562. The largest absolute Gasteiger partial charge is 0.497 e. The van der Waals surface area contributed by atoms with E-state index >= 15 is 4.39 Å². The van der Waals surface area contributed by atoms with Gasteiger partial charge in [0, 0.05) is 69.8 Å². The molecule has 3 heterocycles. The molecule has 0 aromatic heterocycles. The van der Waals surface area contributed by atoms with Crippen LogP contribution in [0.4, 0.5) is 23.2 Å². The molecule has 3 fully saturated rings. The number of rotatable bonds is 8. The van der Waals surface area contributed by atoms with Gasteiger partial charge < -0.3 is 29.3 Å². The third-order valence-electron chi connectivity index (χ3n) is 9.39. The van der Waals surface area contributed by atoms with Gasteiger partial charge in [-0.25, -0.2) is 4.39 Å². The Hall–Kier alpha value is -3.38. The minimum absolute atomic E-state index is 0.140. The molecule has 3 aliphatic heterocycles. The van der Waals surface area contributed by atoms with Crippen molar-refractivity contribution in [1.82, 2.24) is 10.2 Å². The number of hydrogen-bond acceptors (Lipinski definition) is 7. The number of anilines is 1. The van der Waals surface area contributed by atoms with E-state index < -0.39 is 29.2 Å². The van der Waals surface area contributed by atoms with E-state index in [0.29, 0.717) is 48.5 Å². The molecule has 3 aliphatic rings. The lowest BCUT2D eigenvalue weighted by molar-refractivity contribution is -0.146. The molecule has 0 spiro atoms. The first-order chi connectivity index (χ1) is 21.0. The average molecular weight is 622 g/mol. The van der Waals surface area contributed by atoms with Crippen molar-refractivity contribution >= 4 is 17.6 Å². The van der Waals surface area contributed by atoms with Crippen LogP contribution in [0.3, 0.4) is 0 Å². The van der Waals surface area contributed by atoms with Gasteiger partial charge in [0.15, 0.2) is 0 Å². The average Bonchev–Trinajstić information content (AvgIpc) is 3.64. The molecule has 4 atom stereocenters. The van der Waals surface area contributed by atoms with E-state index in [9.17, 15) is 22.8 Å².